The molecule has 102 valence electrons. The number of nitrogens with zero attached hydrogens (tertiary/aromatic N) is 5. The maximum absolute atomic E-state index is 5.93. The summed E-state index contributed by atoms with van der Waals surface area (Å²) in [5, 5.41) is 12.4. The molecular formula is C15H11N5O. The molecule has 0 N–H and O–H groups in total. The fourth-order valence-corrected chi connectivity index (χ4v) is 2.27. The molecule has 0 fully saturated rings. The Morgan fingerprint density at radius 1 is 1.05 bits per heavy atom. The molecular weight excluding hydrogens is 266 g/mol. The van der Waals surface area contributed by atoms with Gasteiger partial charge in [0, 0.05) is 0 Å². The van der Waals surface area contributed by atoms with Crippen LogP contribution in [-0.4, -0.2) is 25.0 Å². The highest BCUT2D eigenvalue weighted by Gasteiger charge is 2.12. The molecule has 0 bridgehead atoms. The van der Waals surface area contributed by atoms with Crippen LogP contribution in [0, 0.1) is 6.92 Å². The highest BCUT2D eigenvalue weighted by Crippen LogP contribution is 2.28. The molecule has 0 radical (unpaired) electrons. The Balaban J connectivity index is 1.93. The molecule has 4 aromatic rings. The van der Waals surface area contributed by atoms with E-state index in [1.165, 1.54) is 0 Å². The Kier molecular flexibility index (Phi) is 2.53. The molecule has 0 aliphatic carbocycles. The lowest BCUT2D eigenvalue weighted by molar-refractivity contribution is 0.469. The maximum Gasteiger partial charge on any atom is 0.277 e. The van der Waals surface area contributed by atoms with Crippen LogP contribution in [0.4, 0.5) is 0 Å². The van der Waals surface area contributed by atoms with Crippen molar-refractivity contribution in [1.82, 2.24) is 25.0 Å². The van der Waals surface area contributed by atoms with Gasteiger partial charge in [0.1, 0.15) is 5.75 Å². The average molecular weight is 277 g/mol. The SMILES string of the molecule is Cc1cccc(Oc2nc3nnnn3c3ccccc23)c1. The van der Waals surface area contributed by atoms with E-state index in [4.69, 9.17) is 4.74 Å². The number of hydrogen-bond acceptors (Lipinski definition) is 5. The van der Waals surface area contributed by atoms with Gasteiger partial charge in [-0.25, -0.2) is 0 Å². The molecule has 0 unspecified atom stereocenters. The van der Waals surface area contributed by atoms with Crippen LogP contribution in [0.3, 0.4) is 0 Å². The van der Waals surface area contributed by atoms with E-state index in [-0.39, 0.29) is 0 Å². The number of aryl methyl sites for hydroxylation is 1. The summed E-state index contributed by atoms with van der Waals surface area (Å²) < 4.78 is 7.53. The van der Waals surface area contributed by atoms with Gasteiger partial charge in [0.2, 0.25) is 5.88 Å². The summed E-state index contributed by atoms with van der Waals surface area (Å²) in [7, 11) is 0. The first-order valence-electron chi connectivity index (χ1n) is 6.52. The second kappa shape index (κ2) is 4.52. The molecule has 0 saturated heterocycles. The molecule has 0 atom stereocenters. The van der Waals surface area contributed by atoms with Crippen LogP contribution in [0.2, 0.25) is 0 Å². The van der Waals surface area contributed by atoms with E-state index in [1.54, 1.807) is 4.52 Å². The Labute approximate surface area is 120 Å². The van der Waals surface area contributed by atoms with Crippen molar-refractivity contribution in [3.63, 3.8) is 0 Å². The number of aromatic nitrogens is 5. The van der Waals surface area contributed by atoms with E-state index in [1.807, 2.05) is 55.5 Å². The third kappa shape index (κ3) is 1.97. The van der Waals surface area contributed by atoms with E-state index in [0.29, 0.717) is 11.7 Å². The van der Waals surface area contributed by atoms with Crippen molar-refractivity contribution in [3.05, 3.63) is 54.1 Å². The number of benzene rings is 2. The third-order valence-electron chi connectivity index (χ3n) is 3.22. The summed E-state index contributed by atoms with van der Waals surface area (Å²) in [5.74, 6) is 1.65. The van der Waals surface area contributed by atoms with Gasteiger partial charge in [-0.3, -0.25) is 0 Å². The first kappa shape index (κ1) is 11.8. The quantitative estimate of drug-likeness (QED) is 0.563. The van der Waals surface area contributed by atoms with Gasteiger partial charge in [0.25, 0.3) is 5.78 Å². The van der Waals surface area contributed by atoms with Gasteiger partial charge in [-0.15, -0.1) is 0 Å². The molecule has 6 nitrogen and oxygen atoms in total. The van der Waals surface area contributed by atoms with E-state index < -0.39 is 0 Å². The third-order valence-corrected chi connectivity index (χ3v) is 3.22. The fraction of sp³-hybridized carbons (Fsp3) is 0.0667. The van der Waals surface area contributed by atoms with Crippen molar-refractivity contribution in [2.45, 2.75) is 6.92 Å². The first-order chi connectivity index (χ1) is 10.3. The molecule has 0 aliphatic rings. The fourth-order valence-electron chi connectivity index (χ4n) is 2.27. The standard InChI is InChI=1S/C15H11N5O/c1-10-5-4-6-11(9-10)21-14-12-7-2-3-8-13(12)20-15(16-14)17-18-19-20/h2-9H,1H3. The predicted molar refractivity (Wildman–Crippen MR) is 77.3 cm³/mol. The van der Waals surface area contributed by atoms with Gasteiger partial charge < -0.3 is 4.74 Å². The summed E-state index contributed by atoms with van der Waals surface area (Å²) in [6.45, 7) is 2.02. The zero-order chi connectivity index (χ0) is 14.2. The number of ether oxygens (including phenoxy) is 1. The van der Waals surface area contributed by atoms with Crippen molar-refractivity contribution < 1.29 is 4.74 Å². The minimum atomic E-state index is 0.413. The minimum Gasteiger partial charge on any atom is -0.438 e. The second-order valence-electron chi connectivity index (χ2n) is 4.74. The highest BCUT2D eigenvalue weighted by molar-refractivity contribution is 5.85. The Bertz CT molecular complexity index is 947. The monoisotopic (exact) mass is 277 g/mol. The van der Waals surface area contributed by atoms with Gasteiger partial charge in [0.05, 0.1) is 10.9 Å². The number of rotatable bonds is 2. The largest absolute Gasteiger partial charge is 0.438 e. The summed E-state index contributed by atoms with van der Waals surface area (Å²) in [4.78, 5) is 4.39. The van der Waals surface area contributed by atoms with Crippen LogP contribution in [-0.2, 0) is 0 Å². The van der Waals surface area contributed by atoms with Crippen LogP contribution < -0.4 is 4.74 Å². The molecule has 6 heteroatoms. The second-order valence-corrected chi connectivity index (χ2v) is 4.74. The summed E-state index contributed by atoms with van der Waals surface area (Å²) >= 11 is 0. The van der Waals surface area contributed by atoms with Crippen molar-refractivity contribution in [2.75, 3.05) is 0 Å². The van der Waals surface area contributed by atoms with E-state index >= 15 is 0 Å². The van der Waals surface area contributed by atoms with Gasteiger partial charge in [-0.2, -0.15) is 9.50 Å². The molecule has 0 amide bonds. The number of fused-ring (bicyclic) bond motifs is 3. The number of tetrazole rings is 1. The van der Waals surface area contributed by atoms with Crippen LogP contribution >= 0.6 is 0 Å². The van der Waals surface area contributed by atoms with Crippen LogP contribution in [0.5, 0.6) is 11.6 Å². The van der Waals surface area contributed by atoms with Crippen molar-refractivity contribution in [1.29, 1.82) is 0 Å². The lowest BCUT2D eigenvalue weighted by Crippen LogP contribution is -1.97. The zero-order valence-electron chi connectivity index (χ0n) is 11.3. The lowest BCUT2D eigenvalue weighted by Gasteiger charge is -2.08. The molecule has 0 aliphatic heterocycles. The first-order valence-corrected chi connectivity index (χ1v) is 6.52. The smallest absolute Gasteiger partial charge is 0.277 e. The molecule has 4 rings (SSSR count). The average Bonchev–Trinajstić information content (AvgIpc) is 2.96. The van der Waals surface area contributed by atoms with Gasteiger partial charge >= 0.3 is 0 Å². The van der Waals surface area contributed by atoms with Gasteiger partial charge in [-0.1, -0.05) is 29.4 Å². The maximum atomic E-state index is 5.93. The highest BCUT2D eigenvalue weighted by atomic mass is 16.5. The molecule has 0 spiro atoms. The van der Waals surface area contributed by atoms with Crippen molar-refractivity contribution >= 4 is 16.7 Å². The van der Waals surface area contributed by atoms with Crippen LogP contribution in [0.25, 0.3) is 16.7 Å². The molecule has 21 heavy (non-hydrogen) atoms. The summed E-state index contributed by atoms with van der Waals surface area (Å²) in [6.07, 6.45) is 0. The lowest BCUT2D eigenvalue weighted by atomic mass is 10.2. The normalized spacial score (nSPS) is 11.1. The van der Waals surface area contributed by atoms with E-state index in [9.17, 15) is 0 Å². The molecule has 0 saturated carbocycles. The molecule has 2 aromatic carbocycles. The van der Waals surface area contributed by atoms with E-state index in [0.717, 1.165) is 22.2 Å². The predicted octanol–water partition coefficient (Wildman–Crippen LogP) is 2.77. The van der Waals surface area contributed by atoms with Crippen molar-refractivity contribution in [3.8, 4) is 11.6 Å². The topological polar surface area (TPSA) is 65.2 Å². The minimum absolute atomic E-state index is 0.413. The summed E-state index contributed by atoms with van der Waals surface area (Å²) in [5.41, 5.74) is 1.98. The molecule has 2 aromatic heterocycles. The van der Waals surface area contributed by atoms with E-state index in [2.05, 4.69) is 20.5 Å². The van der Waals surface area contributed by atoms with Crippen LogP contribution in [0.15, 0.2) is 48.5 Å². The molecule has 2 heterocycles. The summed E-state index contributed by atoms with van der Waals surface area (Å²) in [6, 6.07) is 15.6. The van der Waals surface area contributed by atoms with Gasteiger partial charge in [0.15, 0.2) is 0 Å². The van der Waals surface area contributed by atoms with Crippen molar-refractivity contribution in [2.24, 2.45) is 0 Å². The van der Waals surface area contributed by atoms with Gasteiger partial charge in [-0.05, 0) is 47.2 Å². The number of para-hydroxylation sites is 1. The van der Waals surface area contributed by atoms with Crippen LogP contribution in [0.1, 0.15) is 5.56 Å². The number of hydrogen-bond donors (Lipinski definition) is 0. The zero-order valence-corrected chi connectivity index (χ0v) is 11.3. The Morgan fingerprint density at radius 2 is 1.95 bits per heavy atom. The Morgan fingerprint density at radius 3 is 2.86 bits per heavy atom. The Hall–Kier alpha value is -3.02.